The van der Waals surface area contributed by atoms with Crippen LogP contribution in [0.4, 0.5) is 5.82 Å². The molecule has 37 heavy (non-hydrogen) atoms. The molecule has 184 valence electrons. The first-order valence-electron chi connectivity index (χ1n) is 13.1. The predicted octanol–water partition coefficient (Wildman–Crippen LogP) is 6.83. The predicted molar refractivity (Wildman–Crippen MR) is 153 cm³/mol. The molecular weight excluding hydrogens is 452 g/mol. The van der Waals surface area contributed by atoms with Crippen molar-refractivity contribution in [3.05, 3.63) is 125 Å². The Kier molecular flexibility index (Phi) is 6.42. The Morgan fingerprint density at radius 1 is 0.595 bits per heavy atom. The van der Waals surface area contributed by atoms with E-state index in [1.54, 1.807) is 0 Å². The fourth-order valence-corrected chi connectivity index (χ4v) is 5.50. The molecule has 1 fully saturated rings. The summed E-state index contributed by atoms with van der Waals surface area (Å²) in [5, 5.41) is 11.9. The van der Waals surface area contributed by atoms with Gasteiger partial charge in [0.2, 0.25) is 0 Å². The van der Waals surface area contributed by atoms with Crippen LogP contribution in [0.1, 0.15) is 28.3 Å². The summed E-state index contributed by atoms with van der Waals surface area (Å²) in [7, 11) is 0. The van der Waals surface area contributed by atoms with Gasteiger partial charge in [0, 0.05) is 42.5 Å². The summed E-state index contributed by atoms with van der Waals surface area (Å²) >= 11 is 0. The standard InChI is InChI=1S/C33H32N4/c1-24-17-18-28(23-25(24)2)31-29-15-9-10-16-30(29)33(35-34-31)37-21-19-36(20-22-37)32(26-11-5-3-6-12-26)27-13-7-4-8-14-27/h3-18,23,32H,19-22H2,1-2H3. The Morgan fingerprint density at radius 3 is 1.81 bits per heavy atom. The molecule has 2 heterocycles. The van der Waals surface area contributed by atoms with Gasteiger partial charge in [-0.25, -0.2) is 0 Å². The molecule has 0 radical (unpaired) electrons. The van der Waals surface area contributed by atoms with Crippen molar-refractivity contribution in [3.63, 3.8) is 0 Å². The monoisotopic (exact) mass is 484 g/mol. The van der Waals surface area contributed by atoms with Gasteiger partial charge in [-0.3, -0.25) is 4.90 Å². The van der Waals surface area contributed by atoms with E-state index in [1.807, 2.05) is 0 Å². The van der Waals surface area contributed by atoms with Crippen LogP contribution in [-0.2, 0) is 0 Å². The Labute approximate surface area is 219 Å². The molecule has 0 spiro atoms. The number of anilines is 1. The summed E-state index contributed by atoms with van der Waals surface area (Å²) in [6.45, 7) is 8.05. The van der Waals surface area contributed by atoms with Gasteiger partial charge < -0.3 is 4.90 Å². The maximum atomic E-state index is 4.80. The summed E-state index contributed by atoms with van der Waals surface area (Å²) in [6, 6.07) is 37.1. The van der Waals surface area contributed by atoms with E-state index in [2.05, 4.69) is 127 Å². The molecule has 5 aromatic rings. The largest absolute Gasteiger partial charge is 0.352 e. The maximum absolute atomic E-state index is 4.80. The molecule has 6 rings (SSSR count). The summed E-state index contributed by atoms with van der Waals surface area (Å²) in [5.41, 5.74) is 7.32. The molecular formula is C33H32N4. The van der Waals surface area contributed by atoms with E-state index < -0.39 is 0 Å². The normalized spacial score (nSPS) is 14.4. The van der Waals surface area contributed by atoms with Gasteiger partial charge in [-0.05, 0) is 42.2 Å². The van der Waals surface area contributed by atoms with Crippen LogP contribution in [0.25, 0.3) is 22.0 Å². The molecule has 1 saturated heterocycles. The maximum Gasteiger partial charge on any atom is 0.159 e. The van der Waals surface area contributed by atoms with Crippen LogP contribution >= 0.6 is 0 Å². The number of aryl methyl sites for hydroxylation is 2. The highest BCUT2D eigenvalue weighted by atomic mass is 15.3. The summed E-state index contributed by atoms with van der Waals surface area (Å²) in [5.74, 6) is 0.985. The van der Waals surface area contributed by atoms with E-state index in [-0.39, 0.29) is 6.04 Å². The van der Waals surface area contributed by atoms with Gasteiger partial charge in [0.05, 0.1) is 6.04 Å². The number of hydrogen-bond donors (Lipinski definition) is 0. The van der Waals surface area contributed by atoms with Crippen LogP contribution < -0.4 is 4.90 Å². The Morgan fingerprint density at radius 2 is 1.19 bits per heavy atom. The number of aromatic nitrogens is 2. The van der Waals surface area contributed by atoms with Crippen molar-refractivity contribution >= 4 is 16.6 Å². The van der Waals surface area contributed by atoms with Gasteiger partial charge in [0.25, 0.3) is 0 Å². The molecule has 0 amide bonds. The molecule has 4 heteroatoms. The van der Waals surface area contributed by atoms with Gasteiger partial charge >= 0.3 is 0 Å². The third-order valence-corrected chi connectivity index (χ3v) is 7.66. The Hall–Kier alpha value is -4.02. The van der Waals surface area contributed by atoms with Gasteiger partial charge in [0.1, 0.15) is 5.69 Å². The van der Waals surface area contributed by atoms with Crippen molar-refractivity contribution in [2.45, 2.75) is 19.9 Å². The highest BCUT2D eigenvalue weighted by molar-refractivity contribution is 6.00. The summed E-state index contributed by atoms with van der Waals surface area (Å²) in [6.07, 6.45) is 0. The van der Waals surface area contributed by atoms with E-state index in [1.165, 1.54) is 27.6 Å². The van der Waals surface area contributed by atoms with E-state index in [9.17, 15) is 0 Å². The topological polar surface area (TPSA) is 32.3 Å². The number of piperazine rings is 1. The first-order valence-corrected chi connectivity index (χ1v) is 13.1. The van der Waals surface area contributed by atoms with Crippen LogP contribution in [0.5, 0.6) is 0 Å². The second-order valence-corrected chi connectivity index (χ2v) is 9.96. The minimum absolute atomic E-state index is 0.250. The number of hydrogen-bond acceptors (Lipinski definition) is 4. The van der Waals surface area contributed by atoms with Gasteiger partial charge in [-0.1, -0.05) is 97.1 Å². The molecule has 4 nitrogen and oxygen atoms in total. The third kappa shape index (κ3) is 4.61. The van der Waals surface area contributed by atoms with E-state index in [0.717, 1.165) is 48.6 Å². The lowest BCUT2D eigenvalue weighted by Gasteiger charge is -2.40. The second-order valence-electron chi connectivity index (χ2n) is 9.96. The van der Waals surface area contributed by atoms with Crippen molar-refractivity contribution in [1.82, 2.24) is 15.1 Å². The number of nitrogens with zero attached hydrogens (tertiary/aromatic N) is 4. The van der Waals surface area contributed by atoms with E-state index >= 15 is 0 Å². The van der Waals surface area contributed by atoms with Crippen molar-refractivity contribution in [3.8, 4) is 11.3 Å². The summed E-state index contributed by atoms with van der Waals surface area (Å²) in [4.78, 5) is 5.00. The number of benzene rings is 4. The van der Waals surface area contributed by atoms with E-state index in [4.69, 9.17) is 10.2 Å². The van der Waals surface area contributed by atoms with Crippen molar-refractivity contribution in [1.29, 1.82) is 0 Å². The third-order valence-electron chi connectivity index (χ3n) is 7.66. The van der Waals surface area contributed by atoms with Gasteiger partial charge in [-0.2, -0.15) is 0 Å². The molecule has 0 bridgehead atoms. The first kappa shape index (κ1) is 23.4. The average molecular weight is 485 g/mol. The summed E-state index contributed by atoms with van der Waals surface area (Å²) < 4.78 is 0. The average Bonchev–Trinajstić information content (AvgIpc) is 2.96. The fourth-order valence-electron chi connectivity index (χ4n) is 5.50. The molecule has 1 aliphatic rings. The van der Waals surface area contributed by atoms with Crippen LogP contribution in [0.2, 0.25) is 0 Å². The number of fused-ring (bicyclic) bond motifs is 1. The molecule has 0 aliphatic carbocycles. The van der Waals surface area contributed by atoms with Crippen LogP contribution in [-0.4, -0.2) is 41.3 Å². The minimum atomic E-state index is 0.250. The molecule has 4 aromatic carbocycles. The van der Waals surface area contributed by atoms with Gasteiger partial charge in [-0.15, -0.1) is 10.2 Å². The van der Waals surface area contributed by atoms with Crippen LogP contribution in [0.3, 0.4) is 0 Å². The van der Waals surface area contributed by atoms with Crippen molar-refractivity contribution in [2.75, 3.05) is 31.1 Å². The smallest absolute Gasteiger partial charge is 0.159 e. The second kappa shape index (κ2) is 10.2. The van der Waals surface area contributed by atoms with Gasteiger partial charge in [0.15, 0.2) is 5.82 Å². The SMILES string of the molecule is Cc1ccc(-c2nnc(N3CCN(C(c4ccccc4)c4ccccc4)CC3)c3ccccc23)cc1C. The first-order chi connectivity index (χ1) is 18.2. The van der Waals surface area contributed by atoms with Crippen LogP contribution in [0.15, 0.2) is 103 Å². The lowest BCUT2D eigenvalue weighted by molar-refractivity contribution is 0.212. The minimum Gasteiger partial charge on any atom is -0.352 e. The van der Waals surface area contributed by atoms with E-state index in [0.29, 0.717) is 0 Å². The highest BCUT2D eigenvalue weighted by Gasteiger charge is 2.28. The molecule has 0 saturated carbocycles. The van der Waals surface area contributed by atoms with Crippen LogP contribution in [0, 0.1) is 13.8 Å². The van der Waals surface area contributed by atoms with Crippen molar-refractivity contribution < 1.29 is 0 Å². The quantitative estimate of drug-likeness (QED) is 0.274. The lowest BCUT2D eigenvalue weighted by Crippen LogP contribution is -2.48. The molecule has 1 aromatic heterocycles. The zero-order chi connectivity index (χ0) is 25.2. The Bertz CT molecular complexity index is 1470. The van der Waals surface area contributed by atoms with Crippen molar-refractivity contribution in [2.24, 2.45) is 0 Å². The molecule has 1 aliphatic heterocycles. The zero-order valence-corrected chi connectivity index (χ0v) is 21.5. The number of rotatable bonds is 5. The Balaban J connectivity index is 1.29. The highest BCUT2D eigenvalue weighted by Crippen LogP contribution is 2.34. The molecule has 0 atom stereocenters. The zero-order valence-electron chi connectivity index (χ0n) is 21.5. The lowest BCUT2D eigenvalue weighted by atomic mass is 9.96. The molecule has 0 unspecified atom stereocenters. The molecule has 0 N–H and O–H groups in total. The fraction of sp³-hybridized carbons (Fsp3) is 0.212.